The molecule has 1 aromatic carbocycles. The first-order chi connectivity index (χ1) is 15.6. The number of amides is 2. The van der Waals surface area contributed by atoms with E-state index in [4.69, 9.17) is 13.9 Å². The van der Waals surface area contributed by atoms with Gasteiger partial charge in [-0.1, -0.05) is 38.3 Å². The van der Waals surface area contributed by atoms with Gasteiger partial charge in [0.2, 0.25) is 18.6 Å². The number of furan rings is 1. The zero-order valence-corrected chi connectivity index (χ0v) is 18.8. The predicted molar refractivity (Wildman–Crippen MR) is 121 cm³/mol. The van der Waals surface area contributed by atoms with Gasteiger partial charge in [-0.05, 0) is 36.2 Å². The van der Waals surface area contributed by atoms with Crippen LogP contribution in [0, 0.1) is 0 Å². The third-order valence-electron chi connectivity index (χ3n) is 5.36. The molecule has 2 amide bonds. The van der Waals surface area contributed by atoms with Crippen molar-refractivity contribution in [2.75, 3.05) is 19.9 Å². The molecule has 0 unspecified atom stereocenters. The summed E-state index contributed by atoms with van der Waals surface area (Å²) in [4.78, 5) is 29.3. The molecule has 172 valence electrons. The summed E-state index contributed by atoms with van der Waals surface area (Å²) < 4.78 is 16.3. The van der Waals surface area contributed by atoms with Crippen LogP contribution in [-0.2, 0) is 22.7 Å². The number of unbranched alkanes of at least 4 members (excludes halogenated alkanes) is 3. The summed E-state index contributed by atoms with van der Waals surface area (Å²) in [7, 11) is 0. The Morgan fingerprint density at radius 3 is 2.62 bits per heavy atom. The monoisotopic (exact) mass is 440 g/mol. The molecule has 7 nitrogen and oxygen atoms in total. The second-order valence-electron chi connectivity index (χ2n) is 7.89. The van der Waals surface area contributed by atoms with Crippen molar-refractivity contribution in [1.82, 2.24) is 9.80 Å². The van der Waals surface area contributed by atoms with Gasteiger partial charge in [0.1, 0.15) is 12.3 Å². The van der Waals surface area contributed by atoms with Gasteiger partial charge in [-0.2, -0.15) is 0 Å². The molecule has 0 saturated carbocycles. The third kappa shape index (κ3) is 6.64. The molecule has 0 radical (unpaired) electrons. The number of hydrogen-bond acceptors (Lipinski definition) is 5. The number of rotatable bonds is 13. The Kier molecular flexibility index (Phi) is 8.78. The van der Waals surface area contributed by atoms with Crippen molar-refractivity contribution in [3.63, 3.8) is 0 Å². The van der Waals surface area contributed by atoms with Crippen molar-refractivity contribution in [2.24, 2.45) is 0 Å². The van der Waals surface area contributed by atoms with Crippen molar-refractivity contribution in [2.45, 2.75) is 52.1 Å². The molecule has 2 aromatic rings. The van der Waals surface area contributed by atoms with Gasteiger partial charge in [-0.25, -0.2) is 0 Å². The average molecular weight is 441 g/mol. The average Bonchev–Trinajstić information content (AvgIpc) is 3.47. The van der Waals surface area contributed by atoms with Crippen LogP contribution < -0.4 is 9.47 Å². The highest BCUT2D eigenvalue weighted by molar-refractivity contribution is 5.85. The van der Waals surface area contributed by atoms with E-state index in [1.54, 1.807) is 28.2 Å². The Hall–Kier alpha value is -3.22. The van der Waals surface area contributed by atoms with Crippen LogP contribution in [0.2, 0.25) is 0 Å². The van der Waals surface area contributed by atoms with E-state index >= 15 is 0 Å². The summed E-state index contributed by atoms with van der Waals surface area (Å²) in [6, 6.07) is 9.27. The number of carbonyl (C=O) groups excluding carboxylic acids is 2. The van der Waals surface area contributed by atoms with E-state index in [1.807, 2.05) is 24.3 Å². The van der Waals surface area contributed by atoms with Crippen LogP contribution in [0.3, 0.4) is 0 Å². The lowest BCUT2D eigenvalue weighted by atomic mass is 10.1. The van der Waals surface area contributed by atoms with Crippen molar-refractivity contribution < 1.29 is 23.5 Å². The Bertz CT molecular complexity index is 894. The van der Waals surface area contributed by atoms with E-state index in [0.717, 1.165) is 31.2 Å². The minimum absolute atomic E-state index is 0.00386. The first-order valence-corrected chi connectivity index (χ1v) is 11.2. The lowest BCUT2D eigenvalue weighted by Crippen LogP contribution is -2.42. The highest BCUT2D eigenvalue weighted by atomic mass is 16.7. The molecule has 2 heterocycles. The van der Waals surface area contributed by atoms with Gasteiger partial charge in [-0.3, -0.25) is 9.59 Å². The zero-order chi connectivity index (χ0) is 22.8. The third-order valence-corrected chi connectivity index (χ3v) is 5.36. The number of ether oxygens (including phenoxy) is 2. The Morgan fingerprint density at radius 1 is 1.03 bits per heavy atom. The molecule has 0 bridgehead atoms. The standard InChI is InChI=1S/C25H32N2O5/c1-3-5-6-7-10-24(28)26(13-4-2)18-25(29)27(17-21-9-8-14-30-21)16-20-11-12-22-23(15-20)32-19-31-22/h4,8-9,11-12,14-15H,2-3,5-7,10,13,16-19H2,1H3. The van der Waals surface area contributed by atoms with Crippen LogP contribution in [0.1, 0.15) is 50.4 Å². The maximum absolute atomic E-state index is 13.3. The van der Waals surface area contributed by atoms with E-state index in [2.05, 4.69) is 13.5 Å². The minimum atomic E-state index is -0.150. The second kappa shape index (κ2) is 12.0. The second-order valence-corrected chi connectivity index (χ2v) is 7.89. The maximum atomic E-state index is 13.3. The van der Waals surface area contributed by atoms with Crippen LogP contribution in [0.4, 0.5) is 0 Å². The SMILES string of the molecule is C=CCN(CC(=O)N(Cc1ccc2c(c1)OCO2)Cc1ccco1)C(=O)CCCCCC. The molecule has 0 spiro atoms. The number of fused-ring (bicyclic) bond motifs is 1. The van der Waals surface area contributed by atoms with Crippen LogP contribution >= 0.6 is 0 Å². The molecule has 7 heteroatoms. The minimum Gasteiger partial charge on any atom is -0.467 e. The normalized spacial score (nSPS) is 11.9. The van der Waals surface area contributed by atoms with Gasteiger partial charge in [0, 0.05) is 19.5 Å². The number of benzene rings is 1. The fourth-order valence-corrected chi connectivity index (χ4v) is 3.62. The van der Waals surface area contributed by atoms with E-state index in [1.165, 1.54) is 0 Å². The largest absolute Gasteiger partial charge is 0.467 e. The Balaban J connectivity index is 1.68. The lowest BCUT2D eigenvalue weighted by Gasteiger charge is -2.27. The highest BCUT2D eigenvalue weighted by Crippen LogP contribution is 2.33. The smallest absolute Gasteiger partial charge is 0.242 e. The molecule has 0 N–H and O–H groups in total. The number of carbonyl (C=O) groups is 2. The van der Waals surface area contributed by atoms with Gasteiger partial charge in [0.05, 0.1) is 12.8 Å². The summed E-state index contributed by atoms with van der Waals surface area (Å²) in [6.07, 6.45) is 7.77. The van der Waals surface area contributed by atoms with Crippen LogP contribution in [0.15, 0.2) is 53.7 Å². The molecular weight excluding hydrogens is 408 g/mol. The van der Waals surface area contributed by atoms with E-state index in [-0.39, 0.29) is 25.2 Å². The molecule has 1 aliphatic heterocycles. The molecule has 0 atom stereocenters. The van der Waals surface area contributed by atoms with Gasteiger partial charge in [-0.15, -0.1) is 6.58 Å². The fourth-order valence-electron chi connectivity index (χ4n) is 3.62. The van der Waals surface area contributed by atoms with Crippen LogP contribution in [0.25, 0.3) is 0 Å². The Labute approximate surface area is 189 Å². The maximum Gasteiger partial charge on any atom is 0.242 e. The molecule has 0 fully saturated rings. The summed E-state index contributed by atoms with van der Waals surface area (Å²) in [5.41, 5.74) is 0.912. The van der Waals surface area contributed by atoms with E-state index in [0.29, 0.717) is 43.3 Å². The van der Waals surface area contributed by atoms with E-state index < -0.39 is 0 Å². The first kappa shape index (κ1) is 23.4. The molecule has 3 rings (SSSR count). The predicted octanol–water partition coefficient (Wildman–Crippen LogP) is 4.52. The number of nitrogens with zero attached hydrogens (tertiary/aromatic N) is 2. The van der Waals surface area contributed by atoms with Crippen molar-refractivity contribution in [3.8, 4) is 11.5 Å². The molecule has 1 aromatic heterocycles. The molecule has 0 aliphatic carbocycles. The van der Waals surface area contributed by atoms with E-state index in [9.17, 15) is 9.59 Å². The summed E-state index contributed by atoms with van der Waals surface area (Å²) in [5.74, 6) is 1.88. The van der Waals surface area contributed by atoms with Crippen LogP contribution in [0.5, 0.6) is 11.5 Å². The lowest BCUT2D eigenvalue weighted by molar-refractivity contribution is -0.141. The summed E-state index contributed by atoms with van der Waals surface area (Å²) in [6.45, 7) is 7.11. The first-order valence-electron chi connectivity index (χ1n) is 11.2. The zero-order valence-electron chi connectivity index (χ0n) is 18.8. The molecule has 0 saturated heterocycles. The topological polar surface area (TPSA) is 72.2 Å². The van der Waals surface area contributed by atoms with Crippen molar-refractivity contribution in [3.05, 3.63) is 60.6 Å². The van der Waals surface area contributed by atoms with Gasteiger partial charge in [0.25, 0.3) is 0 Å². The van der Waals surface area contributed by atoms with Gasteiger partial charge < -0.3 is 23.7 Å². The van der Waals surface area contributed by atoms with Crippen LogP contribution in [-0.4, -0.2) is 41.5 Å². The molecule has 32 heavy (non-hydrogen) atoms. The quantitative estimate of drug-likeness (QED) is 0.338. The molecular formula is C25H32N2O5. The van der Waals surface area contributed by atoms with Crippen molar-refractivity contribution in [1.29, 1.82) is 0 Å². The van der Waals surface area contributed by atoms with Gasteiger partial charge in [0.15, 0.2) is 11.5 Å². The van der Waals surface area contributed by atoms with Gasteiger partial charge >= 0.3 is 0 Å². The highest BCUT2D eigenvalue weighted by Gasteiger charge is 2.22. The number of hydrogen-bond donors (Lipinski definition) is 0. The Morgan fingerprint density at radius 2 is 1.88 bits per heavy atom. The fraction of sp³-hybridized carbons (Fsp3) is 0.440. The van der Waals surface area contributed by atoms with Crippen molar-refractivity contribution >= 4 is 11.8 Å². The molecule has 1 aliphatic rings. The summed E-state index contributed by atoms with van der Waals surface area (Å²) >= 11 is 0. The summed E-state index contributed by atoms with van der Waals surface area (Å²) in [5, 5.41) is 0.